The normalized spacial score (nSPS) is 11.3. The van der Waals surface area contributed by atoms with Crippen LogP contribution >= 0.6 is 0 Å². The Kier molecular flexibility index (Phi) is 9.89. The maximum Gasteiger partial charge on any atom is 0.160 e. The van der Waals surface area contributed by atoms with Crippen LogP contribution in [-0.2, 0) is 0 Å². The van der Waals surface area contributed by atoms with Crippen LogP contribution in [0.5, 0.6) is 0 Å². The molecule has 0 aliphatic rings. The third-order valence-electron chi connectivity index (χ3n) is 12.8. The summed E-state index contributed by atoms with van der Waals surface area (Å²) < 4.78 is 0. The van der Waals surface area contributed by atoms with Gasteiger partial charge in [0.2, 0.25) is 0 Å². The summed E-state index contributed by atoms with van der Waals surface area (Å²) in [7, 11) is 0. The van der Waals surface area contributed by atoms with Gasteiger partial charge >= 0.3 is 0 Å². The zero-order valence-electron chi connectivity index (χ0n) is 36.1. The minimum atomic E-state index is 0.711. The van der Waals surface area contributed by atoms with E-state index in [1.807, 2.05) is 0 Å². The first-order chi connectivity index (χ1) is 32.7. The van der Waals surface area contributed by atoms with Crippen LogP contribution in [0.3, 0.4) is 0 Å². The Morgan fingerprint density at radius 1 is 0.227 bits per heavy atom. The van der Waals surface area contributed by atoms with Gasteiger partial charge in [0.25, 0.3) is 0 Å². The lowest BCUT2D eigenvalue weighted by molar-refractivity contribution is 1.23. The van der Waals surface area contributed by atoms with Crippen LogP contribution in [0.25, 0.3) is 122 Å². The molecule has 2 nitrogen and oxygen atoms in total. The maximum absolute atomic E-state index is 5.38. The van der Waals surface area contributed by atoms with Gasteiger partial charge in [0.1, 0.15) is 0 Å². The summed E-state index contributed by atoms with van der Waals surface area (Å²) in [5, 5.41) is 5.77. The molecule has 0 spiro atoms. The van der Waals surface area contributed by atoms with E-state index in [1.165, 1.54) is 71.8 Å². The van der Waals surface area contributed by atoms with Crippen molar-refractivity contribution in [3.63, 3.8) is 0 Å². The molecule has 0 unspecified atom stereocenters. The van der Waals surface area contributed by atoms with Crippen molar-refractivity contribution in [3.05, 3.63) is 255 Å². The van der Waals surface area contributed by atoms with E-state index in [9.17, 15) is 0 Å². The fraction of sp³-hybridized carbons (Fsp3) is 0. The van der Waals surface area contributed by atoms with Crippen LogP contribution in [0.1, 0.15) is 0 Å². The first-order valence-corrected chi connectivity index (χ1v) is 22.5. The maximum atomic E-state index is 5.38. The summed E-state index contributed by atoms with van der Waals surface area (Å²) in [6, 6.07) is 91.5. The molecular weight excluding hydrogens is 797 g/mol. The fourth-order valence-electron chi connectivity index (χ4n) is 9.49. The first-order valence-electron chi connectivity index (χ1n) is 22.5. The number of hydrogen-bond donors (Lipinski definition) is 0. The van der Waals surface area contributed by atoms with E-state index in [-0.39, 0.29) is 0 Å². The topological polar surface area (TPSA) is 25.8 Å². The molecule has 2 heteroatoms. The molecule has 0 radical (unpaired) electrons. The molecule has 0 bridgehead atoms. The van der Waals surface area contributed by atoms with Gasteiger partial charge in [0.15, 0.2) is 5.82 Å². The summed E-state index contributed by atoms with van der Waals surface area (Å²) in [6.07, 6.45) is 0. The molecule has 0 atom stereocenters. The minimum absolute atomic E-state index is 0.711. The third-order valence-corrected chi connectivity index (χ3v) is 12.8. The summed E-state index contributed by atoms with van der Waals surface area (Å²) in [5.74, 6) is 0.711. The van der Waals surface area contributed by atoms with Crippen LogP contribution in [0, 0.1) is 0 Å². The van der Waals surface area contributed by atoms with Crippen molar-refractivity contribution in [2.24, 2.45) is 0 Å². The molecule has 0 aliphatic carbocycles. The molecule has 0 aliphatic heterocycles. The highest BCUT2D eigenvalue weighted by molar-refractivity contribution is 6.15. The molecular formula is C64H42N2. The monoisotopic (exact) mass is 838 g/mol. The summed E-state index contributed by atoms with van der Waals surface area (Å²) in [5.41, 5.74) is 18.2. The SMILES string of the molecule is c1ccc(-c2cc(-c3ccccc3)cc(-c3cccc(-c4cccc(-c5cccc(-c6ccc(-c7nc(-c8cccc9ccccc89)c8c(ccc9ccccc98)n7)cc6)c5)c4)c3)c2)cc1. The van der Waals surface area contributed by atoms with E-state index in [0.717, 1.165) is 44.2 Å². The second kappa shape index (κ2) is 16.8. The predicted molar refractivity (Wildman–Crippen MR) is 278 cm³/mol. The van der Waals surface area contributed by atoms with Crippen LogP contribution in [0.2, 0.25) is 0 Å². The number of fused-ring (bicyclic) bond motifs is 4. The van der Waals surface area contributed by atoms with E-state index >= 15 is 0 Å². The van der Waals surface area contributed by atoms with Gasteiger partial charge in [0, 0.05) is 16.5 Å². The molecule has 66 heavy (non-hydrogen) atoms. The minimum Gasteiger partial charge on any atom is -0.228 e. The van der Waals surface area contributed by atoms with Crippen LogP contribution in [-0.4, -0.2) is 9.97 Å². The van der Waals surface area contributed by atoms with Gasteiger partial charge in [-0.1, -0.05) is 212 Å². The number of rotatable bonds is 8. The molecule has 0 N–H and O–H groups in total. The Hall–Kier alpha value is -8.72. The zero-order chi connectivity index (χ0) is 43.8. The van der Waals surface area contributed by atoms with Gasteiger partial charge in [-0.25, -0.2) is 9.97 Å². The Labute approximate surface area is 384 Å². The number of aromatic nitrogens is 2. The highest BCUT2D eigenvalue weighted by Crippen LogP contribution is 2.39. The zero-order valence-corrected chi connectivity index (χ0v) is 36.1. The van der Waals surface area contributed by atoms with Gasteiger partial charge in [-0.15, -0.1) is 0 Å². The first kappa shape index (κ1) is 38.9. The van der Waals surface area contributed by atoms with Gasteiger partial charge in [-0.2, -0.15) is 0 Å². The second-order valence-electron chi connectivity index (χ2n) is 17.0. The Bertz CT molecular complexity index is 3680. The number of benzene rings is 11. The summed E-state index contributed by atoms with van der Waals surface area (Å²) >= 11 is 0. The quantitative estimate of drug-likeness (QED) is 0.143. The molecule has 1 heterocycles. The Morgan fingerprint density at radius 3 is 1.18 bits per heavy atom. The highest BCUT2D eigenvalue weighted by atomic mass is 14.9. The highest BCUT2D eigenvalue weighted by Gasteiger charge is 2.17. The molecule has 1 aromatic heterocycles. The van der Waals surface area contributed by atoms with Crippen molar-refractivity contribution in [1.82, 2.24) is 9.97 Å². The van der Waals surface area contributed by atoms with E-state index in [2.05, 4.69) is 255 Å². The van der Waals surface area contributed by atoms with Crippen molar-refractivity contribution < 1.29 is 0 Å². The van der Waals surface area contributed by atoms with E-state index in [0.29, 0.717) is 5.82 Å². The van der Waals surface area contributed by atoms with Gasteiger partial charge in [-0.05, 0) is 131 Å². The summed E-state index contributed by atoms with van der Waals surface area (Å²) in [6.45, 7) is 0. The van der Waals surface area contributed by atoms with Crippen LogP contribution < -0.4 is 0 Å². The average molecular weight is 839 g/mol. The van der Waals surface area contributed by atoms with Crippen molar-refractivity contribution >= 4 is 32.4 Å². The molecule has 0 amide bonds. The molecule has 0 fully saturated rings. The molecule has 12 aromatic rings. The second-order valence-corrected chi connectivity index (χ2v) is 17.0. The largest absolute Gasteiger partial charge is 0.228 e. The van der Waals surface area contributed by atoms with Crippen molar-refractivity contribution in [2.75, 3.05) is 0 Å². The molecule has 0 saturated carbocycles. The third kappa shape index (κ3) is 7.41. The smallest absolute Gasteiger partial charge is 0.160 e. The Balaban J connectivity index is 0.867. The number of hydrogen-bond acceptors (Lipinski definition) is 2. The van der Waals surface area contributed by atoms with E-state index in [4.69, 9.17) is 9.97 Å². The fourth-order valence-corrected chi connectivity index (χ4v) is 9.49. The van der Waals surface area contributed by atoms with E-state index in [1.54, 1.807) is 0 Å². The van der Waals surface area contributed by atoms with E-state index < -0.39 is 0 Å². The lowest BCUT2D eigenvalue weighted by Gasteiger charge is -2.14. The Morgan fingerprint density at radius 2 is 0.606 bits per heavy atom. The number of nitrogens with zero attached hydrogens (tertiary/aromatic N) is 2. The predicted octanol–water partition coefficient (Wildman–Crippen LogP) is 17.3. The van der Waals surface area contributed by atoms with Gasteiger partial charge < -0.3 is 0 Å². The lowest BCUT2D eigenvalue weighted by Crippen LogP contribution is -1.96. The van der Waals surface area contributed by atoms with Gasteiger partial charge in [0.05, 0.1) is 11.2 Å². The molecule has 12 rings (SSSR count). The average Bonchev–Trinajstić information content (AvgIpc) is 3.41. The molecule has 0 saturated heterocycles. The van der Waals surface area contributed by atoms with Gasteiger partial charge in [-0.3, -0.25) is 0 Å². The van der Waals surface area contributed by atoms with Crippen molar-refractivity contribution in [1.29, 1.82) is 0 Å². The van der Waals surface area contributed by atoms with Crippen molar-refractivity contribution in [3.8, 4) is 89.4 Å². The van der Waals surface area contributed by atoms with Crippen molar-refractivity contribution in [2.45, 2.75) is 0 Å². The van der Waals surface area contributed by atoms with Crippen LogP contribution in [0.15, 0.2) is 255 Å². The lowest BCUT2D eigenvalue weighted by atomic mass is 9.91. The summed E-state index contributed by atoms with van der Waals surface area (Å²) in [4.78, 5) is 10.6. The standard InChI is InChI=1S/C64H42N2/c1-3-15-43(16-4-1)55-40-56(44-17-5-2-6-18-44)42-57(41-55)54-27-13-26-53(39-54)52-25-12-24-51(38-52)50-23-11-22-49(37-50)45-31-33-48(34-32-45)64-65-61-36-35-47-20-8-10-29-59(47)62(61)63(66-64)60-30-14-21-46-19-7-9-28-58(46)60/h1-42H. The molecule has 308 valence electrons. The molecule has 11 aromatic carbocycles. The van der Waals surface area contributed by atoms with Crippen LogP contribution in [0.4, 0.5) is 0 Å².